The first-order chi connectivity index (χ1) is 12.0. The number of hydrogen-bond donors (Lipinski definition) is 2. The van der Waals surface area contributed by atoms with Gasteiger partial charge < -0.3 is 20.3 Å². The van der Waals surface area contributed by atoms with Crippen LogP contribution >= 0.6 is 0 Å². The van der Waals surface area contributed by atoms with Gasteiger partial charge in [-0.3, -0.25) is 4.79 Å². The fourth-order valence-electron chi connectivity index (χ4n) is 2.95. The highest BCUT2D eigenvalue weighted by Crippen LogP contribution is 2.20. The first-order valence-electron chi connectivity index (χ1n) is 9.04. The summed E-state index contributed by atoms with van der Waals surface area (Å²) in [5, 5.41) is 6.13. The molecule has 0 aliphatic carbocycles. The van der Waals surface area contributed by atoms with Crippen molar-refractivity contribution in [2.75, 3.05) is 31.6 Å². The molecule has 0 saturated carbocycles. The van der Waals surface area contributed by atoms with Gasteiger partial charge in [0, 0.05) is 24.8 Å². The predicted octanol–water partition coefficient (Wildman–Crippen LogP) is 2.96. The molecule has 0 unspecified atom stereocenters. The average molecular weight is 347 g/mol. The van der Waals surface area contributed by atoms with E-state index >= 15 is 0 Å². The molecule has 1 aromatic rings. The van der Waals surface area contributed by atoms with Gasteiger partial charge in [0.25, 0.3) is 0 Å². The molecule has 1 fully saturated rings. The van der Waals surface area contributed by atoms with Crippen LogP contribution in [0.15, 0.2) is 24.3 Å². The van der Waals surface area contributed by atoms with Crippen molar-refractivity contribution < 1.29 is 14.3 Å². The summed E-state index contributed by atoms with van der Waals surface area (Å²) in [6, 6.07) is 8.46. The maximum atomic E-state index is 12.2. The van der Waals surface area contributed by atoms with Crippen molar-refractivity contribution in [3.63, 3.8) is 0 Å². The van der Waals surface area contributed by atoms with Crippen LogP contribution in [-0.2, 0) is 9.53 Å². The molecule has 0 aromatic heterocycles. The number of amides is 2. The van der Waals surface area contributed by atoms with Crippen LogP contribution in [0, 0.1) is 0 Å². The Kier molecular flexibility index (Phi) is 7.10. The highest BCUT2D eigenvalue weighted by molar-refractivity contribution is 5.81. The molecule has 138 valence electrons. The molecular weight excluding hydrogens is 318 g/mol. The van der Waals surface area contributed by atoms with E-state index in [9.17, 15) is 9.59 Å². The second-order valence-electron chi connectivity index (χ2n) is 6.67. The van der Waals surface area contributed by atoms with E-state index in [1.165, 1.54) is 5.56 Å². The van der Waals surface area contributed by atoms with Gasteiger partial charge in [-0.25, -0.2) is 4.79 Å². The van der Waals surface area contributed by atoms with Crippen LogP contribution in [-0.4, -0.2) is 49.2 Å². The molecule has 0 radical (unpaired) electrons. The van der Waals surface area contributed by atoms with E-state index in [0.717, 1.165) is 18.5 Å². The molecule has 1 aliphatic heterocycles. The summed E-state index contributed by atoms with van der Waals surface area (Å²) in [7, 11) is 0. The number of ether oxygens (including phenoxy) is 1. The van der Waals surface area contributed by atoms with E-state index in [1.54, 1.807) is 11.8 Å². The number of carbonyl (C=O) groups is 2. The maximum Gasteiger partial charge on any atom is 0.325 e. The zero-order chi connectivity index (χ0) is 18.2. The maximum absolute atomic E-state index is 12.2. The zero-order valence-corrected chi connectivity index (χ0v) is 15.4. The Bertz CT molecular complexity index is 572. The van der Waals surface area contributed by atoms with Gasteiger partial charge in [-0.05, 0) is 43.4 Å². The molecule has 1 saturated heterocycles. The van der Waals surface area contributed by atoms with Crippen LogP contribution in [0.5, 0.6) is 0 Å². The van der Waals surface area contributed by atoms with Crippen LogP contribution < -0.4 is 10.6 Å². The van der Waals surface area contributed by atoms with Crippen LogP contribution in [0.2, 0.25) is 0 Å². The third kappa shape index (κ3) is 5.96. The number of esters is 1. The minimum Gasteiger partial charge on any atom is -0.465 e. The fraction of sp³-hybridized carbons (Fsp3) is 0.579. The summed E-state index contributed by atoms with van der Waals surface area (Å²) < 4.78 is 4.82. The van der Waals surface area contributed by atoms with Gasteiger partial charge in [-0.15, -0.1) is 0 Å². The standard InChI is InChI=1S/C19H29N3O3/c1-4-25-18(23)12-20-19(24)22-11-5-6-17(13-22)21-16-9-7-15(8-10-16)14(2)3/h7-10,14,17,21H,4-6,11-13H2,1-3H3,(H,20,24)/t17-/m0/s1. The molecule has 2 N–H and O–H groups in total. The number of urea groups is 1. The molecule has 1 aromatic carbocycles. The van der Waals surface area contributed by atoms with Gasteiger partial charge >= 0.3 is 12.0 Å². The van der Waals surface area contributed by atoms with Crippen molar-refractivity contribution in [3.8, 4) is 0 Å². The van der Waals surface area contributed by atoms with Crippen molar-refractivity contribution in [2.24, 2.45) is 0 Å². The average Bonchev–Trinajstić information content (AvgIpc) is 2.60. The molecule has 0 spiro atoms. The second-order valence-corrected chi connectivity index (χ2v) is 6.67. The fourth-order valence-corrected chi connectivity index (χ4v) is 2.95. The van der Waals surface area contributed by atoms with Gasteiger partial charge in [-0.2, -0.15) is 0 Å². The lowest BCUT2D eigenvalue weighted by Gasteiger charge is -2.33. The summed E-state index contributed by atoms with van der Waals surface area (Å²) in [5.41, 5.74) is 2.39. The molecule has 25 heavy (non-hydrogen) atoms. The highest BCUT2D eigenvalue weighted by Gasteiger charge is 2.23. The van der Waals surface area contributed by atoms with E-state index in [0.29, 0.717) is 25.6 Å². The van der Waals surface area contributed by atoms with Crippen LogP contribution in [0.1, 0.15) is 45.1 Å². The number of hydrogen-bond acceptors (Lipinski definition) is 4. The number of nitrogens with one attached hydrogen (secondary N) is 2. The topological polar surface area (TPSA) is 70.7 Å². The molecule has 1 heterocycles. The third-order valence-electron chi connectivity index (χ3n) is 4.35. The Morgan fingerprint density at radius 3 is 2.64 bits per heavy atom. The van der Waals surface area contributed by atoms with Crippen LogP contribution in [0.3, 0.4) is 0 Å². The van der Waals surface area contributed by atoms with E-state index in [-0.39, 0.29) is 18.6 Å². The Labute approximate surface area is 149 Å². The SMILES string of the molecule is CCOC(=O)CNC(=O)N1CCC[C@H](Nc2ccc(C(C)C)cc2)C1. The normalized spacial score (nSPS) is 17.3. The Balaban J connectivity index is 1.83. The summed E-state index contributed by atoms with van der Waals surface area (Å²) in [5.74, 6) is 0.107. The van der Waals surface area contributed by atoms with Crippen molar-refractivity contribution in [1.29, 1.82) is 0 Å². The molecule has 1 aliphatic rings. The Hall–Kier alpha value is -2.24. The monoisotopic (exact) mass is 347 g/mol. The number of carbonyl (C=O) groups excluding carboxylic acids is 2. The van der Waals surface area contributed by atoms with E-state index in [1.807, 2.05) is 0 Å². The lowest BCUT2D eigenvalue weighted by Crippen LogP contribution is -2.50. The van der Waals surface area contributed by atoms with Gasteiger partial charge in [0.1, 0.15) is 6.54 Å². The smallest absolute Gasteiger partial charge is 0.325 e. The quantitative estimate of drug-likeness (QED) is 0.776. The lowest BCUT2D eigenvalue weighted by molar-refractivity contribution is -0.141. The van der Waals surface area contributed by atoms with Crippen molar-refractivity contribution >= 4 is 17.7 Å². The van der Waals surface area contributed by atoms with Gasteiger partial charge in [0.15, 0.2) is 0 Å². The largest absolute Gasteiger partial charge is 0.465 e. The molecule has 1 atom stereocenters. The van der Waals surface area contributed by atoms with E-state index in [4.69, 9.17) is 4.74 Å². The molecule has 2 amide bonds. The van der Waals surface area contributed by atoms with Crippen LogP contribution in [0.25, 0.3) is 0 Å². The summed E-state index contributed by atoms with van der Waals surface area (Å²) >= 11 is 0. The number of rotatable bonds is 6. The highest BCUT2D eigenvalue weighted by atomic mass is 16.5. The van der Waals surface area contributed by atoms with Crippen molar-refractivity contribution in [3.05, 3.63) is 29.8 Å². The first-order valence-corrected chi connectivity index (χ1v) is 9.04. The molecule has 6 heteroatoms. The number of benzene rings is 1. The van der Waals surface area contributed by atoms with E-state index < -0.39 is 5.97 Å². The second kappa shape index (κ2) is 9.30. The Morgan fingerprint density at radius 1 is 1.28 bits per heavy atom. The molecule has 2 rings (SSSR count). The lowest BCUT2D eigenvalue weighted by atomic mass is 10.0. The summed E-state index contributed by atoms with van der Waals surface area (Å²) in [6.07, 6.45) is 1.96. The number of likely N-dealkylation sites (tertiary alicyclic amines) is 1. The first kappa shape index (κ1) is 19.1. The number of nitrogens with zero attached hydrogens (tertiary/aromatic N) is 1. The van der Waals surface area contributed by atoms with Gasteiger partial charge in [0.2, 0.25) is 0 Å². The Morgan fingerprint density at radius 2 is 2.00 bits per heavy atom. The zero-order valence-electron chi connectivity index (χ0n) is 15.4. The molecule has 6 nitrogen and oxygen atoms in total. The summed E-state index contributed by atoms with van der Waals surface area (Å²) in [4.78, 5) is 25.3. The van der Waals surface area contributed by atoms with Crippen molar-refractivity contribution in [2.45, 2.75) is 45.6 Å². The van der Waals surface area contributed by atoms with Gasteiger partial charge in [0.05, 0.1) is 6.61 Å². The van der Waals surface area contributed by atoms with Crippen LogP contribution in [0.4, 0.5) is 10.5 Å². The molecular formula is C19H29N3O3. The minimum absolute atomic E-state index is 0.0854. The third-order valence-corrected chi connectivity index (χ3v) is 4.35. The van der Waals surface area contributed by atoms with Crippen molar-refractivity contribution in [1.82, 2.24) is 10.2 Å². The van der Waals surface area contributed by atoms with E-state index in [2.05, 4.69) is 48.7 Å². The summed E-state index contributed by atoms with van der Waals surface area (Å²) in [6.45, 7) is 7.67. The predicted molar refractivity (Wildman–Crippen MR) is 98.8 cm³/mol. The minimum atomic E-state index is -0.409. The molecule has 0 bridgehead atoms. The van der Waals surface area contributed by atoms with Gasteiger partial charge in [-0.1, -0.05) is 26.0 Å². The number of anilines is 1. The number of piperidine rings is 1.